The standard InChI is InChI=1S/C27H27ClN2O3S/c1-27(2,3)17-9-10-19-23(12-17)34-26(24(19)25(31)30-18-7-5-4-6-8-18)29-14-16-11-21-22(13-20(16)28)33-15-32-21/h4-8,11,13-14,17H,9-10,12,15H2,1-3H3,(H,30,31)/t17-/m1/s1. The zero-order valence-electron chi connectivity index (χ0n) is 19.5. The first-order valence-electron chi connectivity index (χ1n) is 11.4. The quantitative estimate of drug-likeness (QED) is 0.387. The van der Waals surface area contributed by atoms with E-state index >= 15 is 0 Å². The molecular weight excluding hydrogens is 468 g/mol. The van der Waals surface area contributed by atoms with Gasteiger partial charge in [0.05, 0.1) is 10.6 Å². The number of ether oxygens (including phenoxy) is 2. The molecule has 0 fully saturated rings. The van der Waals surface area contributed by atoms with Crippen molar-refractivity contribution in [1.29, 1.82) is 0 Å². The topological polar surface area (TPSA) is 59.9 Å². The molecule has 0 radical (unpaired) electrons. The van der Waals surface area contributed by atoms with E-state index in [9.17, 15) is 4.79 Å². The number of carbonyl (C=O) groups is 1. The number of aliphatic imine (C=N–C) groups is 1. The number of nitrogens with zero attached hydrogens (tertiary/aromatic N) is 1. The smallest absolute Gasteiger partial charge is 0.259 e. The van der Waals surface area contributed by atoms with E-state index in [1.165, 1.54) is 4.88 Å². The predicted molar refractivity (Wildman–Crippen MR) is 139 cm³/mol. The number of benzene rings is 2. The number of anilines is 1. The van der Waals surface area contributed by atoms with E-state index < -0.39 is 0 Å². The maximum atomic E-state index is 13.4. The Morgan fingerprint density at radius 3 is 2.65 bits per heavy atom. The second kappa shape index (κ2) is 9.08. The average Bonchev–Trinajstić information content (AvgIpc) is 3.40. The minimum atomic E-state index is -0.123. The van der Waals surface area contributed by atoms with Crippen molar-refractivity contribution >= 4 is 45.7 Å². The molecule has 1 aliphatic heterocycles. The van der Waals surface area contributed by atoms with Crippen molar-refractivity contribution in [3.8, 4) is 11.5 Å². The van der Waals surface area contributed by atoms with E-state index in [2.05, 4.69) is 26.1 Å². The Bertz CT molecular complexity index is 1260. The first-order chi connectivity index (χ1) is 16.3. The van der Waals surface area contributed by atoms with Crippen LogP contribution in [-0.2, 0) is 12.8 Å². The molecule has 0 unspecified atom stereocenters. The maximum Gasteiger partial charge on any atom is 0.259 e. The summed E-state index contributed by atoms with van der Waals surface area (Å²) in [6, 6.07) is 13.1. The molecule has 1 aromatic heterocycles. The molecule has 1 aliphatic carbocycles. The molecule has 1 N–H and O–H groups in total. The summed E-state index contributed by atoms with van der Waals surface area (Å²) in [5, 5.41) is 4.29. The fraction of sp³-hybridized carbons (Fsp3) is 0.333. The number of thiophene rings is 1. The van der Waals surface area contributed by atoms with Crippen LogP contribution in [0.1, 0.15) is 53.6 Å². The summed E-state index contributed by atoms with van der Waals surface area (Å²) < 4.78 is 10.9. The molecule has 7 heteroatoms. The van der Waals surface area contributed by atoms with Crippen molar-refractivity contribution < 1.29 is 14.3 Å². The number of carbonyl (C=O) groups excluding carboxylic acids is 1. The highest BCUT2D eigenvalue weighted by Crippen LogP contribution is 2.45. The van der Waals surface area contributed by atoms with Crippen molar-refractivity contribution in [1.82, 2.24) is 0 Å². The van der Waals surface area contributed by atoms with E-state index in [1.54, 1.807) is 23.6 Å². The molecule has 5 rings (SSSR count). The van der Waals surface area contributed by atoms with Gasteiger partial charge in [-0.15, -0.1) is 11.3 Å². The Morgan fingerprint density at radius 1 is 1.18 bits per heavy atom. The summed E-state index contributed by atoms with van der Waals surface area (Å²) in [4.78, 5) is 19.5. The van der Waals surface area contributed by atoms with Crippen LogP contribution in [0.4, 0.5) is 10.7 Å². The summed E-state index contributed by atoms with van der Waals surface area (Å²) in [5.74, 6) is 1.72. The van der Waals surface area contributed by atoms with Crippen LogP contribution in [0.15, 0.2) is 47.5 Å². The number of fused-ring (bicyclic) bond motifs is 2. The predicted octanol–water partition coefficient (Wildman–Crippen LogP) is 7.28. The van der Waals surface area contributed by atoms with Gasteiger partial charge in [-0.05, 0) is 54.4 Å². The van der Waals surface area contributed by atoms with Gasteiger partial charge in [0.2, 0.25) is 6.79 Å². The lowest BCUT2D eigenvalue weighted by atomic mass is 9.72. The summed E-state index contributed by atoms with van der Waals surface area (Å²) in [7, 11) is 0. The van der Waals surface area contributed by atoms with Gasteiger partial charge in [0.1, 0.15) is 5.00 Å². The van der Waals surface area contributed by atoms with E-state index in [-0.39, 0.29) is 18.1 Å². The van der Waals surface area contributed by atoms with E-state index in [1.807, 2.05) is 36.4 Å². The molecule has 0 saturated carbocycles. The molecule has 1 atom stereocenters. The highest BCUT2D eigenvalue weighted by atomic mass is 35.5. The van der Waals surface area contributed by atoms with Crippen LogP contribution in [-0.4, -0.2) is 18.9 Å². The Morgan fingerprint density at radius 2 is 1.91 bits per heavy atom. The minimum absolute atomic E-state index is 0.123. The van der Waals surface area contributed by atoms with Crippen molar-refractivity contribution in [2.24, 2.45) is 16.3 Å². The van der Waals surface area contributed by atoms with Crippen molar-refractivity contribution in [3.05, 3.63) is 69.1 Å². The van der Waals surface area contributed by atoms with Crippen LogP contribution in [0.3, 0.4) is 0 Å². The van der Waals surface area contributed by atoms with Crippen molar-refractivity contribution in [2.75, 3.05) is 12.1 Å². The monoisotopic (exact) mass is 494 g/mol. The number of hydrogen-bond acceptors (Lipinski definition) is 5. The van der Waals surface area contributed by atoms with Crippen molar-refractivity contribution in [3.63, 3.8) is 0 Å². The van der Waals surface area contributed by atoms with Gasteiger partial charge >= 0.3 is 0 Å². The molecule has 176 valence electrons. The number of nitrogens with one attached hydrogen (secondary N) is 1. The number of rotatable bonds is 4. The van der Waals surface area contributed by atoms with E-state index in [0.29, 0.717) is 33.0 Å². The van der Waals surface area contributed by atoms with Gasteiger partial charge in [-0.2, -0.15) is 0 Å². The summed E-state index contributed by atoms with van der Waals surface area (Å²) in [5.41, 5.74) is 3.51. The molecule has 5 nitrogen and oxygen atoms in total. The summed E-state index contributed by atoms with van der Waals surface area (Å²) in [6.45, 7) is 7.06. The van der Waals surface area contributed by atoms with Gasteiger partial charge in [-0.1, -0.05) is 50.6 Å². The molecular formula is C27H27ClN2O3S. The van der Waals surface area contributed by atoms with Gasteiger partial charge in [0.15, 0.2) is 11.5 Å². The van der Waals surface area contributed by atoms with Crippen LogP contribution in [0, 0.1) is 11.3 Å². The summed E-state index contributed by atoms with van der Waals surface area (Å²) >= 11 is 8.06. The van der Waals surface area contributed by atoms with Crippen LogP contribution < -0.4 is 14.8 Å². The van der Waals surface area contributed by atoms with E-state index in [0.717, 1.165) is 36.1 Å². The second-order valence-corrected chi connectivity index (χ2v) is 11.3. The maximum absolute atomic E-state index is 13.4. The fourth-order valence-corrected chi connectivity index (χ4v) is 5.98. The number of amides is 1. The third-order valence-corrected chi connectivity index (χ3v) is 8.03. The van der Waals surface area contributed by atoms with Crippen LogP contribution >= 0.6 is 22.9 Å². The second-order valence-electron chi connectivity index (χ2n) is 9.80. The lowest BCUT2D eigenvalue weighted by Gasteiger charge is -2.33. The first kappa shape index (κ1) is 22.9. The molecule has 1 amide bonds. The highest BCUT2D eigenvalue weighted by molar-refractivity contribution is 7.16. The SMILES string of the molecule is CC(C)(C)[C@@H]1CCc2c(sc(N=Cc3cc4c(cc3Cl)OCO4)c2C(=O)Nc2ccccc2)C1. The number of para-hydroxylation sites is 1. The van der Waals surface area contributed by atoms with Crippen LogP contribution in [0.5, 0.6) is 11.5 Å². The Hall–Kier alpha value is -2.83. The molecule has 2 aromatic carbocycles. The first-order valence-corrected chi connectivity index (χ1v) is 12.6. The third-order valence-electron chi connectivity index (χ3n) is 6.54. The Kier molecular flexibility index (Phi) is 6.13. The number of halogens is 1. The number of hydrogen-bond donors (Lipinski definition) is 1. The zero-order chi connectivity index (χ0) is 23.9. The summed E-state index contributed by atoms with van der Waals surface area (Å²) in [6.07, 6.45) is 4.62. The lowest BCUT2D eigenvalue weighted by Crippen LogP contribution is -2.27. The zero-order valence-corrected chi connectivity index (χ0v) is 21.1. The molecule has 3 aromatic rings. The van der Waals surface area contributed by atoms with Gasteiger partial charge in [-0.3, -0.25) is 4.79 Å². The average molecular weight is 495 g/mol. The fourth-order valence-electron chi connectivity index (χ4n) is 4.51. The molecule has 0 bridgehead atoms. The Labute approximate surface area is 208 Å². The van der Waals surface area contributed by atoms with Gasteiger partial charge in [-0.25, -0.2) is 4.99 Å². The van der Waals surface area contributed by atoms with E-state index in [4.69, 9.17) is 26.1 Å². The van der Waals surface area contributed by atoms with Crippen LogP contribution in [0.25, 0.3) is 0 Å². The highest BCUT2D eigenvalue weighted by Gasteiger charge is 2.33. The van der Waals surface area contributed by atoms with Crippen molar-refractivity contribution in [2.45, 2.75) is 40.0 Å². The molecule has 0 saturated heterocycles. The lowest BCUT2D eigenvalue weighted by molar-refractivity contribution is 0.102. The molecule has 34 heavy (non-hydrogen) atoms. The minimum Gasteiger partial charge on any atom is -0.454 e. The molecule has 2 aliphatic rings. The third kappa shape index (κ3) is 4.57. The molecule has 0 spiro atoms. The van der Waals surface area contributed by atoms with Crippen LogP contribution in [0.2, 0.25) is 5.02 Å². The Balaban J connectivity index is 1.51. The van der Waals surface area contributed by atoms with Gasteiger partial charge in [0, 0.05) is 28.4 Å². The van der Waals surface area contributed by atoms with Gasteiger partial charge in [0.25, 0.3) is 5.91 Å². The molecule has 2 heterocycles. The largest absolute Gasteiger partial charge is 0.454 e. The normalized spacial score (nSPS) is 17.1. The van der Waals surface area contributed by atoms with Gasteiger partial charge < -0.3 is 14.8 Å².